The summed E-state index contributed by atoms with van der Waals surface area (Å²) in [5.74, 6) is 0.810. The number of benzene rings is 3. The highest BCUT2D eigenvalue weighted by molar-refractivity contribution is 7.00. The first-order valence-electron chi connectivity index (χ1n) is 9.65. The van der Waals surface area contributed by atoms with E-state index in [0.29, 0.717) is 34.3 Å². The summed E-state index contributed by atoms with van der Waals surface area (Å²) >= 11 is 1.14. The fourth-order valence-corrected chi connectivity index (χ4v) is 4.36. The number of methoxy groups -OCH3 is 1. The van der Waals surface area contributed by atoms with E-state index in [1.165, 1.54) is 0 Å². The summed E-state index contributed by atoms with van der Waals surface area (Å²) in [6.45, 7) is 0.312. The highest BCUT2D eigenvalue weighted by Crippen LogP contribution is 2.44. The standard InChI is InChI=1S/C23H17N3O5S/c1-30-15-8-6-14(7-9-15)20-21-18(3-2-4-19(21)27)26(22(20)31-23(28)29)12-13-5-10-16-17(11-13)25-32-24-16/h2-11,27H,12H2,1H3,(H,28,29). The van der Waals surface area contributed by atoms with Gasteiger partial charge >= 0.3 is 6.16 Å². The largest absolute Gasteiger partial charge is 0.512 e. The zero-order chi connectivity index (χ0) is 22.2. The smallest absolute Gasteiger partial charge is 0.507 e. The van der Waals surface area contributed by atoms with Gasteiger partial charge in [-0.3, -0.25) is 0 Å². The number of aromatic nitrogens is 3. The number of aromatic hydroxyl groups is 1. The number of carbonyl (C=O) groups is 1. The molecule has 0 aliphatic carbocycles. The van der Waals surface area contributed by atoms with Crippen LogP contribution in [0.3, 0.4) is 0 Å². The maximum absolute atomic E-state index is 11.6. The SMILES string of the molecule is COc1ccc(-c2c(OC(=O)O)n(Cc3ccc4nsnc4c3)c3cccc(O)c23)cc1. The van der Waals surface area contributed by atoms with Crippen molar-refractivity contribution in [1.29, 1.82) is 0 Å². The molecular formula is C23H17N3O5S. The van der Waals surface area contributed by atoms with E-state index in [-0.39, 0.29) is 11.6 Å². The summed E-state index contributed by atoms with van der Waals surface area (Å²) in [7, 11) is 1.57. The minimum Gasteiger partial charge on any atom is -0.507 e. The minimum atomic E-state index is -1.44. The van der Waals surface area contributed by atoms with E-state index in [2.05, 4.69) is 8.75 Å². The number of carboxylic acid groups (broad SMARTS) is 1. The van der Waals surface area contributed by atoms with Gasteiger partial charge in [0.25, 0.3) is 0 Å². The summed E-state index contributed by atoms with van der Waals surface area (Å²) < 4.78 is 20.8. The van der Waals surface area contributed by atoms with Crippen LogP contribution in [0, 0.1) is 0 Å². The van der Waals surface area contributed by atoms with Crippen molar-refractivity contribution < 1.29 is 24.5 Å². The van der Waals surface area contributed by atoms with Crippen molar-refractivity contribution in [1.82, 2.24) is 13.3 Å². The highest BCUT2D eigenvalue weighted by atomic mass is 32.1. The quantitative estimate of drug-likeness (QED) is 0.360. The molecule has 3 aromatic carbocycles. The second kappa shape index (κ2) is 7.86. The first-order valence-corrected chi connectivity index (χ1v) is 10.4. The van der Waals surface area contributed by atoms with Crippen molar-refractivity contribution in [2.24, 2.45) is 0 Å². The number of rotatable bonds is 5. The Morgan fingerprint density at radius 3 is 2.59 bits per heavy atom. The van der Waals surface area contributed by atoms with E-state index in [0.717, 1.165) is 28.3 Å². The number of phenolic OH excluding ortho intramolecular Hbond substituents is 1. The molecule has 2 heterocycles. The van der Waals surface area contributed by atoms with E-state index >= 15 is 0 Å². The van der Waals surface area contributed by atoms with Crippen molar-refractivity contribution >= 4 is 39.8 Å². The lowest BCUT2D eigenvalue weighted by Gasteiger charge is -2.11. The highest BCUT2D eigenvalue weighted by Gasteiger charge is 2.24. The number of hydrogen-bond donors (Lipinski definition) is 2. The maximum atomic E-state index is 11.6. The Morgan fingerprint density at radius 2 is 1.84 bits per heavy atom. The van der Waals surface area contributed by atoms with Crippen LogP contribution in [-0.4, -0.2) is 36.8 Å². The average molecular weight is 447 g/mol. The van der Waals surface area contributed by atoms with Crippen molar-refractivity contribution in [3.05, 3.63) is 66.2 Å². The average Bonchev–Trinajstić information content (AvgIpc) is 3.37. The normalized spacial score (nSPS) is 11.2. The van der Waals surface area contributed by atoms with E-state index in [9.17, 15) is 15.0 Å². The van der Waals surface area contributed by atoms with Crippen molar-refractivity contribution in [3.8, 4) is 28.5 Å². The zero-order valence-electron chi connectivity index (χ0n) is 16.8. The van der Waals surface area contributed by atoms with Crippen molar-refractivity contribution in [2.45, 2.75) is 6.54 Å². The van der Waals surface area contributed by atoms with Gasteiger partial charge in [-0.25, -0.2) is 4.79 Å². The predicted octanol–water partition coefficient (Wildman–Crippen LogP) is 5.13. The monoisotopic (exact) mass is 447 g/mol. The lowest BCUT2D eigenvalue weighted by Crippen LogP contribution is -2.10. The third-order valence-corrected chi connectivity index (χ3v) is 5.80. The van der Waals surface area contributed by atoms with Crippen LogP contribution in [-0.2, 0) is 6.54 Å². The molecule has 0 saturated heterocycles. The molecule has 9 heteroatoms. The molecular weight excluding hydrogens is 430 g/mol. The molecule has 160 valence electrons. The molecule has 0 unspecified atom stereocenters. The van der Waals surface area contributed by atoms with Gasteiger partial charge in [-0.2, -0.15) is 8.75 Å². The third-order valence-electron chi connectivity index (χ3n) is 5.24. The molecule has 2 N–H and O–H groups in total. The molecule has 0 saturated carbocycles. The second-order valence-corrected chi connectivity index (χ2v) is 7.65. The Labute approximate surface area is 186 Å². The zero-order valence-corrected chi connectivity index (χ0v) is 17.7. The number of phenols is 1. The van der Waals surface area contributed by atoms with Gasteiger partial charge in [-0.05, 0) is 47.5 Å². The Balaban J connectivity index is 1.75. The van der Waals surface area contributed by atoms with Gasteiger partial charge in [-0.1, -0.05) is 24.3 Å². The predicted molar refractivity (Wildman–Crippen MR) is 121 cm³/mol. The summed E-state index contributed by atoms with van der Waals surface area (Å²) in [6.07, 6.45) is -1.44. The molecule has 0 aliphatic rings. The van der Waals surface area contributed by atoms with Gasteiger partial charge < -0.3 is 24.3 Å². The van der Waals surface area contributed by atoms with E-state index in [1.54, 1.807) is 48.1 Å². The van der Waals surface area contributed by atoms with Crippen molar-refractivity contribution in [3.63, 3.8) is 0 Å². The molecule has 2 aromatic heterocycles. The Kier molecular flexibility index (Phi) is 4.87. The number of hydrogen-bond acceptors (Lipinski definition) is 7. The van der Waals surface area contributed by atoms with Crippen LogP contribution in [0.1, 0.15) is 5.56 Å². The fourth-order valence-electron chi connectivity index (χ4n) is 3.84. The molecule has 0 bridgehead atoms. The van der Waals surface area contributed by atoms with Gasteiger partial charge in [-0.15, -0.1) is 0 Å². The Hall–Kier alpha value is -4.11. The Morgan fingerprint density at radius 1 is 1.06 bits per heavy atom. The number of fused-ring (bicyclic) bond motifs is 2. The van der Waals surface area contributed by atoms with Crippen LogP contribution in [0.15, 0.2) is 60.7 Å². The van der Waals surface area contributed by atoms with E-state index in [4.69, 9.17) is 9.47 Å². The summed E-state index contributed by atoms with van der Waals surface area (Å²) in [5, 5.41) is 20.7. The van der Waals surface area contributed by atoms with Crippen LogP contribution >= 0.6 is 11.7 Å². The molecule has 0 amide bonds. The minimum absolute atomic E-state index is 0.0291. The second-order valence-electron chi connectivity index (χ2n) is 7.12. The number of nitrogens with zero attached hydrogens (tertiary/aromatic N) is 3. The fraction of sp³-hybridized carbons (Fsp3) is 0.0870. The van der Waals surface area contributed by atoms with E-state index < -0.39 is 6.16 Å². The van der Waals surface area contributed by atoms with Gasteiger partial charge in [0.05, 0.1) is 41.8 Å². The van der Waals surface area contributed by atoms with Crippen LogP contribution < -0.4 is 9.47 Å². The van der Waals surface area contributed by atoms with Crippen LogP contribution in [0.25, 0.3) is 33.1 Å². The summed E-state index contributed by atoms with van der Waals surface area (Å²) in [5.41, 5.74) is 4.27. The first kappa shape index (κ1) is 19.8. The van der Waals surface area contributed by atoms with Gasteiger partial charge in [0.1, 0.15) is 22.5 Å². The molecule has 5 rings (SSSR count). The summed E-state index contributed by atoms with van der Waals surface area (Å²) in [4.78, 5) is 11.6. The van der Waals surface area contributed by atoms with Crippen LogP contribution in [0.5, 0.6) is 17.4 Å². The lowest BCUT2D eigenvalue weighted by molar-refractivity contribution is 0.141. The number of ether oxygens (including phenoxy) is 2. The third kappa shape index (κ3) is 3.38. The van der Waals surface area contributed by atoms with Gasteiger partial charge in [0, 0.05) is 0 Å². The molecule has 5 aromatic rings. The lowest BCUT2D eigenvalue weighted by atomic mass is 10.0. The molecule has 0 atom stereocenters. The molecule has 32 heavy (non-hydrogen) atoms. The van der Waals surface area contributed by atoms with Gasteiger partial charge in [0.15, 0.2) is 0 Å². The maximum Gasteiger partial charge on any atom is 0.512 e. The topological polar surface area (TPSA) is 107 Å². The molecule has 8 nitrogen and oxygen atoms in total. The van der Waals surface area contributed by atoms with Crippen molar-refractivity contribution in [2.75, 3.05) is 7.11 Å². The van der Waals surface area contributed by atoms with Gasteiger partial charge in [0.2, 0.25) is 5.88 Å². The van der Waals surface area contributed by atoms with Crippen LogP contribution in [0.2, 0.25) is 0 Å². The molecule has 0 aliphatic heterocycles. The van der Waals surface area contributed by atoms with Crippen LogP contribution in [0.4, 0.5) is 4.79 Å². The first-order chi connectivity index (χ1) is 15.5. The molecule has 0 radical (unpaired) electrons. The molecule has 0 fully saturated rings. The molecule has 0 spiro atoms. The summed E-state index contributed by atoms with van der Waals surface area (Å²) in [6, 6.07) is 17.9. The Bertz CT molecular complexity index is 1460. The van der Waals surface area contributed by atoms with E-state index in [1.807, 2.05) is 24.3 Å².